The van der Waals surface area contributed by atoms with E-state index in [1.54, 1.807) is 0 Å². The molecule has 85 heavy (non-hydrogen) atoms. The summed E-state index contributed by atoms with van der Waals surface area (Å²) < 4.78 is 2.37. The Morgan fingerprint density at radius 2 is 0.435 bits per heavy atom. The van der Waals surface area contributed by atoms with Crippen LogP contribution in [0.15, 0.2) is 334 Å². The van der Waals surface area contributed by atoms with Crippen LogP contribution in [-0.2, 0) is 0 Å². The Bertz CT molecular complexity index is 4870. The molecule has 0 fully saturated rings. The van der Waals surface area contributed by atoms with Crippen LogP contribution in [0.1, 0.15) is 0 Å². The molecule has 0 saturated carbocycles. The molecular formula is C82H55N3. The zero-order chi connectivity index (χ0) is 56.5. The Morgan fingerprint density at radius 3 is 0.812 bits per heavy atom. The van der Waals surface area contributed by atoms with Crippen molar-refractivity contribution in [3.05, 3.63) is 334 Å². The number of para-hydroxylation sites is 2. The lowest BCUT2D eigenvalue weighted by Crippen LogP contribution is -1.97. The van der Waals surface area contributed by atoms with E-state index in [0.29, 0.717) is 5.82 Å². The van der Waals surface area contributed by atoms with E-state index < -0.39 is 0 Å². The van der Waals surface area contributed by atoms with Gasteiger partial charge in [0.2, 0.25) is 0 Å². The third-order valence-corrected chi connectivity index (χ3v) is 16.4. The van der Waals surface area contributed by atoms with Gasteiger partial charge in [0.1, 0.15) is 0 Å². The maximum atomic E-state index is 5.39. The topological polar surface area (TPSA) is 30.7 Å². The number of hydrogen-bond acceptors (Lipinski definition) is 2. The molecule has 0 unspecified atom stereocenters. The highest BCUT2D eigenvalue weighted by Gasteiger charge is 2.16. The van der Waals surface area contributed by atoms with Crippen molar-refractivity contribution in [2.45, 2.75) is 0 Å². The van der Waals surface area contributed by atoms with Gasteiger partial charge in [-0.25, -0.2) is 9.97 Å². The quantitative estimate of drug-likeness (QED) is 0.122. The lowest BCUT2D eigenvalue weighted by molar-refractivity contribution is 1.18. The van der Waals surface area contributed by atoms with Crippen LogP contribution in [0.3, 0.4) is 0 Å². The molecule has 0 amide bonds. The van der Waals surface area contributed by atoms with E-state index in [-0.39, 0.29) is 0 Å². The van der Waals surface area contributed by atoms with Crippen LogP contribution < -0.4 is 0 Å². The largest absolute Gasteiger partial charge is 0.309 e. The molecular weight excluding hydrogens is 1030 g/mol. The molecule has 0 aliphatic heterocycles. The average molecular weight is 1080 g/mol. The summed E-state index contributed by atoms with van der Waals surface area (Å²) in [4.78, 5) is 10.8. The third-order valence-electron chi connectivity index (χ3n) is 16.4. The van der Waals surface area contributed by atoms with E-state index in [0.717, 1.165) is 78.3 Å². The molecule has 0 saturated heterocycles. The van der Waals surface area contributed by atoms with Gasteiger partial charge in [0.25, 0.3) is 0 Å². The summed E-state index contributed by atoms with van der Waals surface area (Å²) in [7, 11) is 0. The molecule has 3 heteroatoms. The van der Waals surface area contributed by atoms with Gasteiger partial charge in [-0.05, 0) is 156 Å². The van der Waals surface area contributed by atoms with E-state index >= 15 is 0 Å². The van der Waals surface area contributed by atoms with Crippen molar-refractivity contribution in [1.29, 1.82) is 0 Å². The number of benzene rings is 13. The van der Waals surface area contributed by atoms with Gasteiger partial charge < -0.3 is 4.57 Å². The van der Waals surface area contributed by atoms with Crippen molar-refractivity contribution >= 4 is 21.8 Å². The summed E-state index contributed by atoms with van der Waals surface area (Å²) in [6.45, 7) is 0. The number of fused-ring (bicyclic) bond motifs is 3. The lowest BCUT2D eigenvalue weighted by atomic mass is 9.94. The standard InChI is InChI=1S/C82H55N3/c1-3-18-56(19-4-1)62-22-11-26-66(48-62)67-27-13-24-64(50-67)58-40-42-59(43-41-58)65-25-14-29-69(51-65)71-31-16-34-74(53-71)79-55-78(73-33-15-30-70(52-73)68-28-12-23-63(49-68)57-20-5-2-6-21-57)83-82(84-79)61-46-44-60(45-47-61)72-32-17-35-75(54-72)85-80-38-9-7-36-76(80)77-37-8-10-39-81(77)85/h1-55H. The minimum absolute atomic E-state index is 0.661. The van der Waals surface area contributed by atoms with Crippen molar-refractivity contribution < 1.29 is 0 Å². The molecule has 0 N–H and O–H groups in total. The van der Waals surface area contributed by atoms with Crippen LogP contribution in [0, 0.1) is 0 Å². The fourth-order valence-corrected chi connectivity index (χ4v) is 12.1. The molecule has 0 aliphatic rings. The van der Waals surface area contributed by atoms with Gasteiger partial charge in [0.05, 0.1) is 22.4 Å². The predicted octanol–water partition coefficient (Wildman–Crippen LogP) is 21.9. The smallest absolute Gasteiger partial charge is 0.160 e. The minimum atomic E-state index is 0.661. The molecule has 0 radical (unpaired) electrons. The summed E-state index contributed by atoms with van der Waals surface area (Å²) in [6, 6.07) is 120. The number of hydrogen-bond donors (Lipinski definition) is 0. The first-order valence-corrected chi connectivity index (χ1v) is 29.0. The lowest BCUT2D eigenvalue weighted by Gasteiger charge is -2.13. The van der Waals surface area contributed by atoms with Crippen LogP contribution >= 0.6 is 0 Å². The zero-order valence-electron chi connectivity index (χ0n) is 46.6. The highest BCUT2D eigenvalue weighted by Crippen LogP contribution is 2.38. The number of rotatable bonds is 12. The first-order valence-electron chi connectivity index (χ1n) is 29.0. The maximum Gasteiger partial charge on any atom is 0.160 e. The zero-order valence-corrected chi connectivity index (χ0v) is 46.6. The molecule has 2 aromatic heterocycles. The van der Waals surface area contributed by atoms with E-state index in [2.05, 4.69) is 338 Å². The van der Waals surface area contributed by atoms with E-state index in [1.165, 1.54) is 66.3 Å². The van der Waals surface area contributed by atoms with Gasteiger partial charge in [0, 0.05) is 33.2 Å². The highest BCUT2D eigenvalue weighted by atomic mass is 15.0. The summed E-state index contributed by atoms with van der Waals surface area (Å²) in [6.07, 6.45) is 0. The van der Waals surface area contributed by atoms with Crippen molar-refractivity contribution in [2.24, 2.45) is 0 Å². The molecule has 0 aliphatic carbocycles. The first kappa shape index (κ1) is 50.7. The summed E-state index contributed by atoms with van der Waals surface area (Å²) >= 11 is 0. The van der Waals surface area contributed by atoms with Gasteiger partial charge in [0.15, 0.2) is 5.82 Å². The Labute approximate surface area is 495 Å². The summed E-state index contributed by atoms with van der Waals surface area (Å²) in [5.41, 5.74) is 26.8. The molecule has 15 rings (SSSR count). The highest BCUT2D eigenvalue weighted by molar-refractivity contribution is 6.09. The van der Waals surface area contributed by atoms with Gasteiger partial charge in [-0.1, -0.05) is 267 Å². The van der Waals surface area contributed by atoms with E-state index in [9.17, 15) is 0 Å². The number of aromatic nitrogens is 3. The van der Waals surface area contributed by atoms with Crippen LogP contribution in [0.5, 0.6) is 0 Å². The fraction of sp³-hybridized carbons (Fsp3) is 0. The monoisotopic (exact) mass is 1080 g/mol. The number of nitrogens with zero attached hydrogens (tertiary/aromatic N) is 3. The average Bonchev–Trinajstić information content (AvgIpc) is 3.31. The summed E-state index contributed by atoms with van der Waals surface area (Å²) in [5, 5.41) is 2.50. The summed E-state index contributed by atoms with van der Waals surface area (Å²) in [5.74, 6) is 0.661. The van der Waals surface area contributed by atoms with E-state index in [1.807, 2.05) is 0 Å². The van der Waals surface area contributed by atoms with Crippen LogP contribution in [0.4, 0.5) is 0 Å². The minimum Gasteiger partial charge on any atom is -0.309 e. The van der Waals surface area contributed by atoms with Crippen molar-refractivity contribution in [3.63, 3.8) is 0 Å². The Balaban J connectivity index is 0.754. The molecule has 0 atom stereocenters. The molecule has 0 bridgehead atoms. The molecule has 2 heterocycles. The Kier molecular flexibility index (Phi) is 13.3. The molecule has 13 aromatic carbocycles. The van der Waals surface area contributed by atoms with Crippen molar-refractivity contribution in [1.82, 2.24) is 14.5 Å². The van der Waals surface area contributed by atoms with Gasteiger partial charge >= 0.3 is 0 Å². The molecule has 3 nitrogen and oxygen atoms in total. The van der Waals surface area contributed by atoms with Crippen LogP contribution in [0.2, 0.25) is 0 Å². The second-order valence-corrected chi connectivity index (χ2v) is 21.8. The SMILES string of the molecule is c1ccc(-c2cccc(-c3cccc(-c4ccc(-c5cccc(-c6cccc(-c7cc(-c8cccc(-c9cccc(-c%10ccccc%10)c9)c8)nc(-c8ccc(-c9cccc(-n%10c%11ccccc%11c%11ccccc%11%10)c9)cc8)n7)c6)c5)cc4)c3)c2)cc1. The maximum absolute atomic E-state index is 5.39. The van der Waals surface area contributed by atoms with Gasteiger partial charge in [-0.15, -0.1) is 0 Å². The van der Waals surface area contributed by atoms with Gasteiger partial charge in [-0.3, -0.25) is 0 Å². The van der Waals surface area contributed by atoms with Crippen molar-refractivity contribution in [2.75, 3.05) is 0 Å². The Morgan fingerprint density at radius 1 is 0.176 bits per heavy atom. The molecule has 0 spiro atoms. The first-order chi connectivity index (χ1) is 42.1. The second-order valence-electron chi connectivity index (χ2n) is 21.8. The van der Waals surface area contributed by atoms with Gasteiger partial charge in [-0.2, -0.15) is 0 Å². The third kappa shape index (κ3) is 10.2. The predicted molar refractivity (Wildman–Crippen MR) is 356 cm³/mol. The molecule has 398 valence electrons. The Hall–Kier alpha value is -11.3. The normalized spacial score (nSPS) is 11.3. The molecule has 15 aromatic rings. The second kappa shape index (κ2) is 22.2. The van der Waals surface area contributed by atoms with Crippen LogP contribution in [0.25, 0.3) is 150 Å². The van der Waals surface area contributed by atoms with Crippen molar-refractivity contribution in [3.8, 4) is 129 Å². The van der Waals surface area contributed by atoms with E-state index in [4.69, 9.17) is 9.97 Å². The van der Waals surface area contributed by atoms with Crippen LogP contribution in [-0.4, -0.2) is 14.5 Å². The fourth-order valence-electron chi connectivity index (χ4n) is 12.1.